The molecule has 0 heterocycles. The molecule has 0 unspecified atom stereocenters. The van der Waals surface area contributed by atoms with Crippen molar-refractivity contribution in [3.63, 3.8) is 0 Å². The molecule has 0 aromatic heterocycles. The van der Waals surface area contributed by atoms with Crippen molar-refractivity contribution in [2.75, 3.05) is 0 Å². The Morgan fingerprint density at radius 1 is 0.905 bits per heavy atom. The minimum atomic E-state index is -1.84. The summed E-state index contributed by atoms with van der Waals surface area (Å²) in [5.41, 5.74) is -1.84. The second-order valence-electron chi connectivity index (χ2n) is 5.57. The van der Waals surface area contributed by atoms with E-state index >= 15 is 0 Å². The van der Waals surface area contributed by atoms with Gasteiger partial charge in [-0.25, -0.2) is 0 Å². The summed E-state index contributed by atoms with van der Waals surface area (Å²) >= 11 is 0. The molecule has 0 saturated carbocycles. The number of hydrogen-bond acceptors (Lipinski definition) is 4. The number of rotatable bonds is 11. The molecule has 0 amide bonds. The van der Waals surface area contributed by atoms with E-state index in [0.29, 0.717) is 6.42 Å². The predicted octanol–water partition coefficient (Wildman–Crippen LogP) is -4.72. The van der Waals surface area contributed by atoms with Crippen molar-refractivity contribution in [3.8, 4) is 0 Å². The van der Waals surface area contributed by atoms with Crippen molar-refractivity contribution in [1.29, 1.82) is 0 Å². The molecular weight excluding hydrogens is 274 g/mol. The first-order chi connectivity index (χ1) is 8.89. The van der Waals surface area contributed by atoms with Gasteiger partial charge in [0, 0.05) is 0 Å². The van der Waals surface area contributed by atoms with Crippen LogP contribution < -0.4 is 58.6 Å². The minimum absolute atomic E-state index is 0. The average Bonchev–Trinajstić information content (AvgIpc) is 2.31. The number of carboxylic acids is 2. The van der Waals surface area contributed by atoms with Gasteiger partial charge >= 0.3 is 48.4 Å². The molecule has 0 radical (unpaired) electrons. The molecule has 0 atom stereocenters. The van der Waals surface area contributed by atoms with Gasteiger partial charge in [-0.05, 0) is 12.3 Å². The molecule has 21 heavy (non-hydrogen) atoms. The van der Waals surface area contributed by atoms with Gasteiger partial charge in [-0.2, -0.15) is 0 Å². The Labute approximate surface area is 162 Å². The number of unbranched alkanes of at least 4 members (excludes halogenated alkanes) is 6. The molecule has 0 aliphatic heterocycles. The molecule has 4 nitrogen and oxygen atoms in total. The summed E-state index contributed by atoms with van der Waals surface area (Å²) in [7, 11) is 0. The Bertz CT molecular complexity index is 281. The zero-order valence-corrected chi connectivity index (χ0v) is 16.4. The first-order valence-corrected chi connectivity index (χ1v) is 7.32. The fraction of sp³-hybridized carbons (Fsp3) is 0.867. The monoisotopic (exact) mass is 300 g/mol. The molecule has 0 aromatic rings. The van der Waals surface area contributed by atoms with Gasteiger partial charge in [-0.3, -0.25) is 0 Å². The fourth-order valence-electron chi connectivity index (χ4n) is 2.41. The molecule has 0 N–H and O–H groups in total. The summed E-state index contributed by atoms with van der Waals surface area (Å²) in [6, 6.07) is 0. The van der Waals surface area contributed by atoms with Gasteiger partial charge < -0.3 is 19.8 Å². The van der Waals surface area contributed by atoms with Crippen molar-refractivity contribution in [2.45, 2.75) is 72.1 Å². The maximum atomic E-state index is 11.2. The molecule has 0 saturated heterocycles. The summed E-state index contributed by atoms with van der Waals surface area (Å²) in [4.78, 5) is 22.4. The number of carboxylic acid groups (broad SMARTS) is 2. The van der Waals surface area contributed by atoms with E-state index in [1.807, 2.05) is 0 Å². The van der Waals surface area contributed by atoms with Crippen molar-refractivity contribution < 1.29 is 68.2 Å². The summed E-state index contributed by atoms with van der Waals surface area (Å²) in [5.74, 6) is -3.57. The van der Waals surface area contributed by atoms with Gasteiger partial charge in [-0.1, -0.05) is 65.7 Å². The zero-order chi connectivity index (χ0) is 14.9. The molecule has 0 aromatic carbocycles. The quantitative estimate of drug-likeness (QED) is 0.218. The fourth-order valence-corrected chi connectivity index (χ4v) is 2.41. The van der Waals surface area contributed by atoms with E-state index in [4.69, 9.17) is 0 Å². The van der Waals surface area contributed by atoms with E-state index in [-0.39, 0.29) is 54.8 Å². The van der Waals surface area contributed by atoms with Crippen molar-refractivity contribution in [2.24, 2.45) is 11.3 Å². The third-order valence-corrected chi connectivity index (χ3v) is 3.89. The van der Waals surface area contributed by atoms with Crippen LogP contribution in [-0.2, 0) is 9.59 Å². The van der Waals surface area contributed by atoms with E-state index in [1.165, 1.54) is 19.3 Å². The Hall–Kier alpha value is 0.537. The number of hydrogen-bond donors (Lipinski definition) is 0. The Balaban J connectivity index is -0.00000162. The van der Waals surface area contributed by atoms with E-state index < -0.39 is 23.3 Å². The minimum Gasteiger partial charge on any atom is -0.549 e. The number of carbonyl (C=O) groups excluding carboxylic acids is 2. The van der Waals surface area contributed by atoms with Crippen LogP contribution >= 0.6 is 0 Å². The maximum Gasteiger partial charge on any atom is 1.00 e. The van der Waals surface area contributed by atoms with E-state index in [1.54, 1.807) is 13.8 Å². The molecule has 0 rings (SSSR count). The van der Waals surface area contributed by atoms with Gasteiger partial charge in [0.25, 0.3) is 0 Å². The summed E-state index contributed by atoms with van der Waals surface area (Å²) in [6.07, 6.45) is 7.29. The topological polar surface area (TPSA) is 80.3 Å². The van der Waals surface area contributed by atoms with Gasteiger partial charge in [0.1, 0.15) is 0 Å². The third kappa shape index (κ3) is 8.67. The number of carbonyl (C=O) groups is 2. The van der Waals surface area contributed by atoms with Gasteiger partial charge in [0.15, 0.2) is 0 Å². The summed E-state index contributed by atoms with van der Waals surface area (Å²) < 4.78 is 0. The smallest absolute Gasteiger partial charge is 0.549 e. The van der Waals surface area contributed by atoms with Crippen LogP contribution in [0.3, 0.4) is 0 Å². The van der Waals surface area contributed by atoms with Gasteiger partial charge in [-0.15, -0.1) is 0 Å². The second kappa shape index (κ2) is 14.2. The third-order valence-electron chi connectivity index (χ3n) is 3.89. The normalized spacial score (nSPS) is 10.7. The van der Waals surface area contributed by atoms with E-state index in [0.717, 1.165) is 19.3 Å². The zero-order valence-electron chi connectivity index (χ0n) is 14.4. The molecule has 112 valence electrons. The predicted molar refractivity (Wildman–Crippen MR) is 69.9 cm³/mol. The van der Waals surface area contributed by atoms with Crippen LogP contribution in [0.1, 0.15) is 72.1 Å². The molecular formula is C15H26LiNaO4. The van der Waals surface area contributed by atoms with Crippen LogP contribution in [0.5, 0.6) is 0 Å². The summed E-state index contributed by atoms with van der Waals surface area (Å²) in [5, 5.41) is 22.4. The average molecular weight is 300 g/mol. The Morgan fingerprint density at radius 3 is 1.62 bits per heavy atom. The molecule has 0 spiro atoms. The van der Waals surface area contributed by atoms with E-state index in [2.05, 4.69) is 6.92 Å². The van der Waals surface area contributed by atoms with Crippen LogP contribution in [0.2, 0.25) is 0 Å². The first kappa shape index (κ1) is 26.4. The molecule has 6 heteroatoms. The largest absolute Gasteiger partial charge is 1.00 e. The van der Waals surface area contributed by atoms with Crippen LogP contribution in [0, 0.1) is 11.3 Å². The SMILES string of the molecule is CCCCCCCCCC(C(=O)[O-])(C(=O)[O-])C(C)C.[Li+].[Na+]. The number of aliphatic carboxylic acids is 2. The maximum absolute atomic E-state index is 11.2. The molecule has 0 fully saturated rings. The molecule has 0 aliphatic rings. The molecule has 0 bridgehead atoms. The van der Waals surface area contributed by atoms with Gasteiger partial charge in [0.05, 0.1) is 17.4 Å². The standard InChI is InChI=1S/C15H28O4.Li.Na/c1-4-5-6-7-8-9-10-11-15(12(2)3,13(16)17)14(18)19;;/h12H,4-11H2,1-3H3,(H,16,17)(H,18,19);;/q;2*+1/p-2. The van der Waals surface area contributed by atoms with Crippen LogP contribution in [0.4, 0.5) is 0 Å². The first-order valence-electron chi connectivity index (χ1n) is 7.32. The summed E-state index contributed by atoms with van der Waals surface area (Å²) in [6.45, 7) is 5.33. The van der Waals surface area contributed by atoms with Crippen molar-refractivity contribution in [3.05, 3.63) is 0 Å². The van der Waals surface area contributed by atoms with E-state index in [9.17, 15) is 19.8 Å². The Morgan fingerprint density at radius 2 is 1.29 bits per heavy atom. The van der Waals surface area contributed by atoms with Crippen molar-refractivity contribution >= 4 is 11.9 Å². The Kier molecular flexibility index (Phi) is 17.8. The molecule has 0 aliphatic carbocycles. The van der Waals surface area contributed by atoms with Crippen LogP contribution in [0.25, 0.3) is 0 Å². The van der Waals surface area contributed by atoms with Crippen LogP contribution in [-0.4, -0.2) is 11.9 Å². The second-order valence-corrected chi connectivity index (χ2v) is 5.57. The van der Waals surface area contributed by atoms with Gasteiger partial charge in [0.2, 0.25) is 0 Å². The van der Waals surface area contributed by atoms with Crippen molar-refractivity contribution in [1.82, 2.24) is 0 Å². The van der Waals surface area contributed by atoms with Crippen LogP contribution in [0.15, 0.2) is 0 Å².